The topological polar surface area (TPSA) is 44.8 Å². The number of ether oxygens (including phenoxy) is 3. The van der Waals surface area contributed by atoms with Gasteiger partial charge in [-0.15, -0.1) is 0 Å². The predicted molar refractivity (Wildman–Crippen MR) is 53.2 cm³/mol. The summed E-state index contributed by atoms with van der Waals surface area (Å²) in [6.07, 6.45) is 3.75. The third kappa shape index (κ3) is 2.01. The minimum absolute atomic E-state index is 0.167. The number of rotatable bonds is 2. The molecule has 1 saturated carbocycles. The second-order valence-electron chi connectivity index (χ2n) is 4.06. The lowest BCUT2D eigenvalue weighted by Crippen LogP contribution is -2.46. The molecule has 0 N–H and O–H groups in total. The fraction of sp³-hybridized carbons (Fsp3) is 0.909. The van der Waals surface area contributed by atoms with Gasteiger partial charge in [0, 0.05) is 6.42 Å². The number of esters is 1. The van der Waals surface area contributed by atoms with Gasteiger partial charge < -0.3 is 14.2 Å². The molecule has 0 bridgehead atoms. The van der Waals surface area contributed by atoms with Crippen LogP contribution >= 0.6 is 0 Å². The summed E-state index contributed by atoms with van der Waals surface area (Å²) in [6.45, 7) is 3.43. The van der Waals surface area contributed by atoms with Crippen LogP contribution in [-0.4, -0.2) is 31.6 Å². The molecule has 1 atom stereocenters. The summed E-state index contributed by atoms with van der Waals surface area (Å²) in [6, 6.07) is 0. The van der Waals surface area contributed by atoms with Crippen molar-refractivity contribution in [2.75, 3.05) is 19.8 Å². The van der Waals surface area contributed by atoms with E-state index in [4.69, 9.17) is 14.2 Å². The highest BCUT2D eigenvalue weighted by molar-refractivity contribution is 5.73. The van der Waals surface area contributed by atoms with Crippen LogP contribution in [0.3, 0.4) is 0 Å². The van der Waals surface area contributed by atoms with E-state index in [2.05, 4.69) is 0 Å². The Morgan fingerprint density at radius 1 is 1.40 bits per heavy atom. The Balaban J connectivity index is 2.08. The van der Waals surface area contributed by atoms with E-state index in [1.807, 2.05) is 6.92 Å². The summed E-state index contributed by atoms with van der Waals surface area (Å²) >= 11 is 0. The molecular formula is C11H18O4. The lowest BCUT2D eigenvalue weighted by molar-refractivity contribution is -0.221. The molecule has 0 aromatic carbocycles. The van der Waals surface area contributed by atoms with Gasteiger partial charge in [-0.05, 0) is 19.8 Å². The van der Waals surface area contributed by atoms with Gasteiger partial charge in [-0.3, -0.25) is 4.79 Å². The molecule has 0 aromatic rings. The average molecular weight is 214 g/mol. The lowest BCUT2D eigenvalue weighted by atomic mass is 9.83. The minimum atomic E-state index is -0.662. The highest BCUT2D eigenvalue weighted by Crippen LogP contribution is 2.40. The molecule has 2 fully saturated rings. The minimum Gasteiger partial charge on any atom is -0.466 e. The lowest BCUT2D eigenvalue weighted by Gasteiger charge is -2.37. The molecule has 4 heteroatoms. The molecule has 15 heavy (non-hydrogen) atoms. The number of hydrogen-bond acceptors (Lipinski definition) is 4. The Kier molecular flexibility index (Phi) is 3.26. The number of carbonyl (C=O) groups excluding carboxylic acids is 1. The van der Waals surface area contributed by atoms with Gasteiger partial charge in [0.1, 0.15) is 5.92 Å². The van der Waals surface area contributed by atoms with Crippen LogP contribution in [0.25, 0.3) is 0 Å². The first-order chi connectivity index (χ1) is 7.28. The highest BCUT2D eigenvalue weighted by atomic mass is 16.7. The largest absolute Gasteiger partial charge is 0.466 e. The zero-order valence-corrected chi connectivity index (χ0v) is 9.16. The van der Waals surface area contributed by atoms with Crippen molar-refractivity contribution in [2.45, 2.75) is 38.4 Å². The number of hydrogen-bond donors (Lipinski definition) is 0. The first-order valence-electron chi connectivity index (χ1n) is 5.73. The molecule has 0 aromatic heterocycles. The van der Waals surface area contributed by atoms with Crippen molar-refractivity contribution in [3.63, 3.8) is 0 Å². The predicted octanol–water partition coefficient (Wildman–Crippen LogP) is 1.48. The standard InChI is InChI=1S/C11H18O4/c1-2-13-10(12)9-5-3-4-6-11(9)14-7-8-15-11/h9H,2-8H2,1H3. The summed E-state index contributed by atoms with van der Waals surface area (Å²) in [7, 11) is 0. The normalized spacial score (nSPS) is 29.3. The molecule has 2 rings (SSSR count). The van der Waals surface area contributed by atoms with E-state index in [1.54, 1.807) is 0 Å². The van der Waals surface area contributed by atoms with Crippen LogP contribution in [0.2, 0.25) is 0 Å². The summed E-state index contributed by atoms with van der Waals surface area (Å²) in [5, 5.41) is 0. The van der Waals surface area contributed by atoms with E-state index < -0.39 is 5.79 Å². The average Bonchev–Trinajstić information content (AvgIpc) is 2.68. The summed E-state index contributed by atoms with van der Waals surface area (Å²) in [5.74, 6) is -1.06. The van der Waals surface area contributed by atoms with Crippen molar-refractivity contribution in [1.29, 1.82) is 0 Å². The van der Waals surface area contributed by atoms with Gasteiger partial charge >= 0.3 is 5.97 Å². The first kappa shape index (κ1) is 10.9. The third-order valence-corrected chi connectivity index (χ3v) is 3.15. The van der Waals surface area contributed by atoms with E-state index >= 15 is 0 Å². The molecule has 4 nitrogen and oxygen atoms in total. The summed E-state index contributed by atoms with van der Waals surface area (Å²) in [4.78, 5) is 11.8. The molecule has 1 aliphatic heterocycles. The maximum Gasteiger partial charge on any atom is 0.314 e. The van der Waals surface area contributed by atoms with Crippen molar-refractivity contribution in [1.82, 2.24) is 0 Å². The Labute approximate surface area is 89.9 Å². The molecule has 1 saturated heterocycles. The molecule has 2 aliphatic rings. The third-order valence-electron chi connectivity index (χ3n) is 3.15. The molecule has 1 heterocycles. The highest BCUT2D eigenvalue weighted by Gasteiger charge is 2.50. The van der Waals surface area contributed by atoms with E-state index in [9.17, 15) is 4.79 Å². The van der Waals surface area contributed by atoms with Crippen LogP contribution in [-0.2, 0) is 19.0 Å². The van der Waals surface area contributed by atoms with Crippen molar-refractivity contribution >= 4 is 5.97 Å². The van der Waals surface area contributed by atoms with Gasteiger partial charge in [0.25, 0.3) is 0 Å². The SMILES string of the molecule is CCOC(=O)C1CCCCC12OCCO2. The van der Waals surface area contributed by atoms with Crippen molar-refractivity contribution in [3.05, 3.63) is 0 Å². The monoisotopic (exact) mass is 214 g/mol. The van der Waals surface area contributed by atoms with E-state index in [-0.39, 0.29) is 11.9 Å². The molecule has 0 amide bonds. The smallest absolute Gasteiger partial charge is 0.314 e. The maximum absolute atomic E-state index is 11.8. The zero-order chi connectivity index (χ0) is 10.7. The van der Waals surface area contributed by atoms with Gasteiger partial charge in [-0.25, -0.2) is 0 Å². The Morgan fingerprint density at radius 2 is 2.13 bits per heavy atom. The van der Waals surface area contributed by atoms with Gasteiger partial charge in [0.05, 0.1) is 19.8 Å². The summed E-state index contributed by atoms with van der Waals surface area (Å²) < 4.78 is 16.3. The van der Waals surface area contributed by atoms with Crippen molar-refractivity contribution in [2.24, 2.45) is 5.92 Å². The van der Waals surface area contributed by atoms with E-state index in [0.29, 0.717) is 19.8 Å². The zero-order valence-electron chi connectivity index (χ0n) is 9.16. The van der Waals surface area contributed by atoms with Crippen molar-refractivity contribution < 1.29 is 19.0 Å². The molecule has 1 aliphatic carbocycles. The van der Waals surface area contributed by atoms with E-state index in [1.165, 1.54) is 0 Å². The van der Waals surface area contributed by atoms with Crippen LogP contribution < -0.4 is 0 Å². The van der Waals surface area contributed by atoms with Crippen molar-refractivity contribution in [3.8, 4) is 0 Å². The van der Waals surface area contributed by atoms with Gasteiger partial charge in [-0.1, -0.05) is 6.42 Å². The van der Waals surface area contributed by atoms with Crippen LogP contribution in [0.5, 0.6) is 0 Å². The number of carbonyl (C=O) groups is 1. The molecule has 1 unspecified atom stereocenters. The fourth-order valence-electron chi connectivity index (χ4n) is 2.47. The quantitative estimate of drug-likeness (QED) is 0.653. The van der Waals surface area contributed by atoms with Crippen LogP contribution in [0.1, 0.15) is 32.6 Å². The first-order valence-corrected chi connectivity index (χ1v) is 5.73. The molecule has 1 spiro atoms. The molecular weight excluding hydrogens is 196 g/mol. The van der Waals surface area contributed by atoms with Crippen LogP contribution in [0, 0.1) is 5.92 Å². The molecule has 0 radical (unpaired) electrons. The Hall–Kier alpha value is -0.610. The Bertz CT molecular complexity index is 233. The van der Waals surface area contributed by atoms with Gasteiger partial charge in [0.2, 0.25) is 0 Å². The van der Waals surface area contributed by atoms with Crippen LogP contribution in [0.4, 0.5) is 0 Å². The van der Waals surface area contributed by atoms with Crippen LogP contribution in [0.15, 0.2) is 0 Å². The second-order valence-corrected chi connectivity index (χ2v) is 4.06. The maximum atomic E-state index is 11.8. The van der Waals surface area contributed by atoms with E-state index in [0.717, 1.165) is 25.7 Å². The molecule has 86 valence electrons. The summed E-state index contributed by atoms with van der Waals surface area (Å²) in [5.41, 5.74) is 0. The fourth-order valence-corrected chi connectivity index (χ4v) is 2.47. The van der Waals surface area contributed by atoms with Gasteiger partial charge in [0.15, 0.2) is 5.79 Å². The Morgan fingerprint density at radius 3 is 2.80 bits per heavy atom. The van der Waals surface area contributed by atoms with Gasteiger partial charge in [-0.2, -0.15) is 0 Å². The second kappa shape index (κ2) is 4.49.